The lowest BCUT2D eigenvalue weighted by molar-refractivity contribution is -0.141. The Morgan fingerprint density at radius 2 is 1.30 bits per heavy atom. The summed E-state index contributed by atoms with van der Waals surface area (Å²) in [7, 11) is 0. The molecule has 0 saturated carbocycles. The van der Waals surface area contributed by atoms with Crippen LogP contribution in [0.15, 0.2) is 0 Å². The molecule has 0 aromatic rings. The molecule has 0 radical (unpaired) electrons. The normalized spacial score (nSPS) is 12.1. The minimum Gasteiger partial charge on any atom is -0.480 e. The number of rotatable bonds is 16. The number of carboxylic acid groups (broad SMARTS) is 1. The molecule has 0 unspecified atom stereocenters. The fourth-order valence-corrected chi connectivity index (χ4v) is 2.83. The second-order valence-corrected chi connectivity index (χ2v) is 6.65. The summed E-state index contributed by atoms with van der Waals surface area (Å²) in [6.45, 7) is 2.24. The molecule has 0 fully saturated rings. The first-order valence-corrected chi connectivity index (χ1v) is 9.88. The lowest BCUT2D eigenvalue weighted by atomic mass is 10.0. The molecule has 0 rings (SSSR count). The number of thiol groups is 1. The summed E-state index contributed by atoms with van der Waals surface area (Å²) in [4.78, 5) is 22.4. The van der Waals surface area contributed by atoms with E-state index in [9.17, 15) is 9.59 Å². The van der Waals surface area contributed by atoms with Gasteiger partial charge in [-0.3, -0.25) is 4.79 Å². The number of unbranched alkanes of at least 4 members (excludes halogenated alkanes) is 11. The summed E-state index contributed by atoms with van der Waals surface area (Å²) >= 11 is 3.92. The third kappa shape index (κ3) is 14.6. The topological polar surface area (TPSA) is 66.4 Å². The molecule has 136 valence electrons. The molecule has 0 aliphatic rings. The molecule has 0 saturated heterocycles. The third-order valence-corrected chi connectivity index (χ3v) is 4.44. The van der Waals surface area contributed by atoms with Gasteiger partial charge in [0.05, 0.1) is 0 Å². The molecule has 0 aliphatic heterocycles. The molecule has 0 bridgehead atoms. The maximum atomic E-state index is 11.6. The van der Waals surface area contributed by atoms with Crippen molar-refractivity contribution >= 4 is 24.5 Å². The fraction of sp³-hybridized carbons (Fsp3) is 0.889. The van der Waals surface area contributed by atoms with Gasteiger partial charge in [0, 0.05) is 12.2 Å². The SMILES string of the molecule is CCCCCCCCCCCCCCC(=O)N[C@@H](CS)C(=O)O. The predicted molar refractivity (Wildman–Crippen MR) is 99.1 cm³/mol. The number of hydrogen-bond donors (Lipinski definition) is 3. The average molecular weight is 346 g/mol. The zero-order valence-corrected chi connectivity index (χ0v) is 15.6. The molecule has 2 N–H and O–H groups in total. The van der Waals surface area contributed by atoms with E-state index < -0.39 is 12.0 Å². The highest BCUT2D eigenvalue weighted by molar-refractivity contribution is 7.80. The number of hydrogen-bond acceptors (Lipinski definition) is 3. The molecule has 1 amide bonds. The Morgan fingerprint density at radius 1 is 0.870 bits per heavy atom. The highest BCUT2D eigenvalue weighted by atomic mass is 32.1. The van der Waals surface area contributed by atoms with Crippen molar-refractivity contribution < 1.29 is 14.7 Å². The van der Waals surface area contributed by atoms with Crippen LogP contribution in [0.3, 0.4) is 0 Å². The van der Waals surface area contributed by atoms with Crippen molar-refractivity contribution in [2.24, 2.45) is 0 Å². The summed E-state index contributed by atoms with van der Waals surface area (Å²) in [5, 5.41) is 11.3. The number of carboxylic acids is 1. The third-order valence-electron chi connectivity index (χ3n) is 4.07. The first kappa shape index (κ1) is 22.3. The molecule has 0 heterocycles. The molecule has 4 nitrogen and oxygen atoms in total. The average Bonchev–Trinajstić information content (AvgIpc) is 2.53. The van der Waals surface area contributed by atoms with E-state index in [1.807, 2.05) is 0 Å². The van der Waals surface area contributed by atoms with Gasteiger partial charge in [0.15, 0.2) is 0 Å². The van der Waals surface area contributed by atoms with Crippen LogP contribution < -0.4 is 5.32 Å². The van der Waals surface area contributed by atoms with Crippen molar-refractivity contribution in [1.29, 1.82) is 0 Å². The first-order chi connectivity index (χ1) is 11.1. The van der Waals surface area contributed by atoms with E-state index in [0.29, 0.717) is 6.42 Å². The van der Waals surface area contributed by atoms with Crippen LogP contribution in [0, 0.1) is 0 Å². The minimum absolute atomic E-state index is 0.125. The summed E-state index contributed by atoms with van der Waals surface area (Å²) < 4.78 is 0. The Labute approximate surface area is 147 Å². The molecule has 1 atom stereocenters. The standard InChI is InChI=1S/C18H35NO3S/c1-2-3-4-5-6-7-8-9-10-11-12-13-14-17(20)19-16(15-23)18(21)22/h16,23H,2-15H2,1H3,(H,19,20)(H,21,22)/t16-/m0/s1. The van der Waals surface area contributed by atoms with Crippen molar-refractivity contribution in [3.8, 4) is 0 Å². The van der Waals surface area contributed by atoms with E-state index in [0.717, 1.165) is 19.3 Å². The van der Waals surface area contributed by atoms with Gasteiger partial charge in [-0.2, -0.15) is 12.6 Å². The van der Waals surface area contributed by atoms with Gasteiger partial charge in [-0.15, -0.1) is 0 Å². The number of carbonyl (C=O) groups excluding carboxylic acids is 1. The van der Waals surface area contributed by atoms with Crippen molar-refractivity contribution in [1.82, 2.24) is 5.32 Å². The van der Waals surface area contributed by atoms with Crippen molar-refractivity contribution in [3.63, 3.8) is 0 Å². The number of nitrogens with one attached hydrogen (secondary N) is 1. The molecule has 5 heteroatoms. The molecule has 23 heavy (non-hydrogen) atoms. The monoisotopic (exact) mass is 345 g/mol. The molecule has 0 aliphatic carbocycles. The second-order valence-electron chi connectivity index (χ2n) is 6.28. The van der Waals surface area contributed by atoms with Crippen LogP contribution in [-0.2, 0) is 9.59 Å². The Bertz CT molecular complexity index is 311. The molecular formula is C18H35NO3S. The van der Waals surface area contributed by atoms with Gasteiger partial charge in [-0.25, -0.2) is 4.79 Å². The quantitative estimate of drug-likeness (QED) is 0.283. The number of carbonyl (C=O) groups is 2. The van der Waals surface area contributed by atoms with Crippen molar-refractivity contribution in [2.75, 3.05) is 5.75 Å². The predicted octanol–water partition coefficient (Wildman–Crippen LogP) is 4.58. The lowest BCUT2D eigenvalue weighted by Gasteiger charge is -2.11. The summed E-state index contributed by atoms with van der Waals surface area (Å²) in [6.07, 6.45) is 15.5. The van der Waals surface area contributed by atoms with Gasteiger partial charge in [0.2, 0.25) is 5.91 Å². The highest BCUT2D eigenvalue weighted by Crippen LogP contribution is 2.12. The van der Waals surface area contributed by atoms with Crippen LogP contribution >= 0.6 is 12.6 Å². The van der Waals surface area contributed by atoms with Gasteiger partial charge >= 0.3 is 5.97 Å². The van der Waals surface area contributed by atoms with Gasteiger partial charge in [-0.05, 0) is 6.42 Å². The fourth-order valence-electron chi connectivity index (χ4n) is 2.58. The van der Waals surface area contributed by atoms with E-state index in [4.69, 9.17) is 5.11 Å². The van der Waals surface area contributed by atoms with Crippen LogP contribution in [0.25, 0.3) is 0 Å². The van der Waals surface area contributed by atoms with E-state index in [1.54, 1.807) is 0 Å². The lowest BCUT2D eigenvalue weighted by Crippen LogP contribution is -2.42. The second kappa shape index (κ2) is 16.2. The zero-order chi connectivity index (χ0) is 17.3. The van der Waals surface area contributed by atoms with E-state index in [1.165, 1.54) is 57.8 Å². The molecule has 0 aromatic heterocycles. The Kier molecular flexibility index (Phi) is 15.7. The zero-order valence-electron chi connectivity index (χ0n) is 14.7. The van der Waals surface area contributed by atoms with Gasteiger partial charge in [0.1, 0.15) is 6.04 Å². The largest absolute Gasteiger partial charge is 0.480 e. The smallest absolute Gasteiger partial charge is 0.327 e. The van der Waals surface area contributed by atoms with Crippen LogP contribution in [0.5, 0.6) is 0 Å². The maximum absolute atomic E-state index is 11.6. The van der Waals surface area contributed by atoms with Crippen LogP contribution in [-0.4, -0.2) is 28.8 Å². The van der Waals surface area contributed by atoms with E-state index in [-0.39, 0.29) is 11.7 Å². The van der Waals surface area contributed by atoms with Gasteiger partial charge < -0.3 is 10.4 Å². The minimum atomic E-state index is -1.02. The van der Waals surface area contributed by atoms with Crippen LogP contribution in [0.4, 0.5) is 0 Å². The highest BCUT2D eigenvalue weighted by Gasteiger charge is 2.17. The summed E-state index contributed by atoms with van der Waals surface area (Å²) in [6, 6.07) is -0.872. The maximum Gasteiger partial charge on any atom is 0.327 e. The Balaban J connectivity index is 3.32. The van der Waals surface area contributed by atoms with E-state index in [2.05, 4.69) is 24.9 Å². The molecular weight excluding hydrogens is 310 g/mol. The van der Waals surface area contributed by atoms with Gasteiger partial charge in [0.25, 0.3) is 0 Å². The number of amides is 1. The van der Waals surface area contributed by atoms with Crippen molar-refractivity contribution in [3.05, 3.63) is 0 Å². The van der Waals surface area contributed by atoms with Crippen LogP contribution in [0.1, 0.15) is 90.4 Å². The van der Waals surface area contributed by atoms with Gasteiger partial charge in [-0.1, -0.05) is 77.6 Å². The summed E-state index contributed by atoms with van der Waals surface area (Å²) in [5.74, 6) is -1.08. The molecule has 0 spiro atoms. The Morgan fingerprint density at radius 3 is 1.70 bits per heavy atom. The number of aliphatic carboxylic acids is 1. The first-order valence-electron chi connectivity index (χ1n) is 9.24. The molecule has 0 aromatic carbocycles. The van der Waals surface area contributed by atoms with Crippen LogP contribution in [0.2, 0.25) is 0 Å². The Hall–Kier alpha value is -0.710. The van der Waals surface area contributed by atoms with Crippen molar-refractivity contribution in [2.45, 2.75) is 96.4 Å². The van der Waals surface area contributed by atoms with E-state index >= 15 is 0 Å². The summed E-state index contributed by atoms with van der Waals surface area (Å²) in [5.41, 5.74) is 0.